The summed E-state index contributed by atoms with van der Waals surface area (Å²) < 4.78 is 41.1. The number of likely N-dealkylation sites (tertiary alicyclic amines) is 1. The molecule has 1 fully saturated rings. The number of carbonyl (C=O) groups excluding carboxylic acids is 1. The lowest BCUT2D eigenvalue weighted by molar-refractivity contribution is -0.145. The zero-order chi connectivity index (χ0) is 22.2. The number of amides is 1. The predicted octanol–water partition coefficient (Wildman–Crippen LogP) is 1.47. The van der Waals surface area contributed by atoms with Crippen LogP contribution < -0.4 is 5.32 Å². The number of imidazole rings is 1. The Kier molecular flexibility index (Phi) is 7.98. The first-order valence-corrected chi connectivity index (χ1v) is 9.39. The van der Waals surface area contributed by atoms with Crippen molar-refractivity contribution in [1.82, 2.24) is 29.5 Å². The topological polar surface area (TPSA) is 105 Å². The summed E-state index contributed by atoms with van der Waals surface area (Å²) in [6, 6.07) is 0. The fourth-order valence-corrected chi connectivity index (χ4v) is 3.46. The van der Waals surface area contributed by atoms with Gasteiger partial charge in [-0.25, -0.2) is 4.98 Å². The summed E-state index contributed by atoms with van der Waals surface area (Å²) in [5, 5.41) is 13.2. The van der Waals surface area contributed by atoms with Crippen molar-refractivity contribution in [3.05, 3.63) is 36.7 Å². The molecule has 0 atom stereocenters. The van der Waals surface area contributed by atoms with Gasteiger partial charge >= 0.3 is 6.18 Å². The number of hydrogen-bond donors (Lipinski definition) is 2. The minimum absolute atomic E-state index is 0.250. The maximum Gasteiger partial charge on any atom is 0.405 e. The van der Waals surface area contributed by atoms with E-state index >= 15 is 0 Å². The number of nitrogens with zero attached hydrogens (tertiary/aromatic N) is 5. The molecule has 0 unspecified atom stereocenters. The number of halogens is 3. The Bertz CT molecular complexity index is 798. The zero-order valence-corrected chi connectivity index (χ0v) is 16.5. The Balaban J connectivity index is 0.00000101. The van der Waals surface area contributed by atoms with Crippen molar-refractivity contribution in [2.45, 2.75) is 44.6 Å². The van der Waals surface area contributed by atoms with Crippen molar-refractivity contribution in [2.24, 2.45) is 0 Å². The van der Waals surface area contributed by atoms with Crippen molar-refractivity contribution >= 4 is 12.4 Å². The van der Waals surface area contributed by atoms with E-state index in [-0.39, 0.29) is 6.47 Å². The van der Waals surface area contributed by atoms with Crippen molar-refractivity contribution in [3.63, 3.8) is 0 Å². The predicted molar refractivity (Wildman–Crippen MR) is 100 cm³/mol. The van der Waals surface area contributed by atoms with E-state index in [4.69, 9.17) is 9.90 Å². The molecular weight excluding hydrogens is 405 g/mol. The molecule has 0 saturated carbocycles. The molecule has 2 aromatic rings. The number of carboxylic acid groups (broad SMARTS) is 1. The van der Waals surface area contributed by atoms with E-state index in [9.17, 15) is 18.0 Å². The second-order valence-corrected chi connectivity index (χ2v) is 6.89. The van der Waals surface area contributed by atoms with Gasteiger partial charge in [-0.3, -0.25) is 19.2 Å². The first kappa shape index (κ1) is 23.4. The van der Waals surface area contributed by atoms with Gasteiger partial charge in [-0.05, 0) is 19.8 Å². The first-order chi connectivity index (χ1) is 14.2. The molecule has 1 aliphatic heterocycles. The van der Waals surface area contributed by atoms with Crippen LogP contribution in [0.5, 0.6) is 0 Å². The lowest BCUT2D eigenvalue weighted by Gasteiger charge is -2.41. The molecule has 2 N–H and O–H groups in total. The number of nitrogens with one attached hydrogen (secondary N) is 1. The highest BCUT2D eigenvalue weighted by atomic mass is 19.4. The van der Waals surface area contributed by atoms with Crippen LogP contribution in [0.2, 0.25) is 0 Å². The van der Waals surface area contributed by atoms with E-state index in [0.717, 1.165) is 12.1 Å². The summed E-state index contributed by atoms with van der Waals surface area (Å²) in [4.78, 5) is 27.2. The second-order valence-electron chi connectivity index (χ2n) is 6.89. The average molecular weight is 430 g/mol. The van der Waals surface area contributed by atoms with Crippen LogP contribution in [0.1, 0.15) is 25.3 Å². The van der Waals surface area contributed by atoms with Gasteiger partial charge in [-0.2, -0.15) is 18.3 Å². The molecule has 0 radical (unpaired) electrons. The Morgan fingerprint density at radius 1 is 1.37 bits per heavy atom. The molecular formula is C18H25F3N6O3. The number of aryl methyl sites for hydroxylation is 1. The largest absolute Gasteiger partial charge is 0.483 e. The number of hydrogen-bond acceptors (Lipinski definition) is 5. The fourth-order valence-electron chi connectivity index (χ4n) is 3.46. The molecule has 0 bridgehead atoms. The van der Waals surface area contributed by atoms with E-state index in [0.29, 0.717) is 32.5 Å². The molecule has 1 amide bonds. The quantitative estimate of drug-likeness (QED) is 0.673. The molecule has 1 saturated heterocycles. The van der Waals surface area contributed by atoms with Crippen LogP contribution in [0.15, 0.2) is 31.1 Å². The Hall–Kier alpha value is -2.89. The summed E-state index contributed by atoms with van der Waals surface area (Å²) in [6.07, 6.45) is 4.84. The number of aromatic nitrogens is 4. The maximum absolute atomic E-state index is 12.7. The van der Waals surface area contributed by atoms with E-state index < -0.39 is 24.2 Å². The molecule has 0 aromatic carbocycles. The number of piperidine rings is 1. The van der Waals surface area contributed by atoms with E-state index in [1.165, 1.54) is 12.5 Å². The van der Waals surface area contributed by atoms with Gasteiger partial charge in [0.1, 0.15) is 12.1 Å². The highest BCUT2D eigenvalue weighted by molar-refractivity contribution is 5.84. The van der Waals surface area contributed by atoms with Crippen LogP contribution in [0.3, 0.4) is 0 Å². The Morgan fingerprint density at radius 2 is 2.03 bits per heavy atom. The molecule has 3 heterocycles. The lowest BCUT2D eigenvalue weighted by Crippen LogP contribution is -2.55. The normalized spacial score (nSPS) is 16.4. The summed E-state index contributed by atoms with van der Waals surface area (Å²) in [6.45, 7) is 3.11. The van der Waals surface area contributed by atoms with Crippen LogP contribution in [0.25, 0.3) is 0 Å². The van der Waals surface area contributed by atoms with Crippen molar-refractivity contribution in [2.75, 3.05) is 19.6 Å². The van der Waals surface area contributed by atoms with Gasteiger partial charge in [0.2, 0.25) is 5.91 Å². The summed E-state index contributed by atoms with van der Waals surface area (Å²) >= 11 is 0. The molecule has 2 aromatic heterocycles. The third kappa shape index (κ3) is 6.05. The third-order valence-electron chi connectivity index (χ3n) is 4.97. The van der Waals surface area contributed by atoms with Gasteiger partial charge in [0.15, 0.2) is 0 Å². The molecule has 30 heavy (non-hydrogen) atoms. The Labute approximate surface area is 171 Å². The number of rotatable bonds is 6. The minimum atomic E-state index is -4.44. The summed E-state index contributed by atoms with van der Waals surface area (Å²) in [5.41, 5.74) is 0.0276. The van der Waals surface area contributed by atoms with Crippen molar-refractivity contribution in [3.8, 4) is 0 Å². The van der Waals surface area contributed by atoms with Crippen LogP contribution in [-0.2, 0) is 28.2 Å². The van der Waals surface area contributed by atoms with Gasteiger partial charge in [0, 0.05) is 50.3 Å². The monoisotopic (exact) mass is 430 g/mol. The molecule has 0 spiro atoms. The number of carbonyl (C=O) groups is 2. The smallest absolute Gasteiger partial charge is 0.405 e. The van der Waals surface area contributed by atoms with Crippen LogP contribution in [-0.4, -0.2) is 67.5 Å². The highest BCUT2D eigenvalue weighted by Gasteiger charge is 2.44. The minimum Gasteiger partial charge on any atom is -0.483 e. The molecule has 166 valence electrons. The van der Waals surface area contributed by atoms with E-state index in [1.807, 2.05) is 24.0 Å². The molecule has 1 aliphatic rings. The highest BCUT2D eigenvalue weighted by Crippen LogP contribution is 2.31. The lowest BCUT2D eigenvalue weighted by atomic mass is 9.86. The van der Waals surface area contributed by atoms with Crippen LogP contribution in [0, 0.1) is 0 Å². The van der Waals surface area contributed by atoms with Crippen molar-refractivity contribution in [1.29, 1.82) is 0 Å². The molecule has 3 rings (SSSR count). The second kappa shape index (κ2) is 10.2. The van der Waals surface area contributed by atoms with E-state index in [1.54, 1.807) is 10.8 Å². The van der Waals surface area contributed by atoms with Gasteiger partial charge in [-0.1, -0.05) is 0 Å². The molecule has 9 nitrogen and oxygen atoms in total. The van der Waals surface area contributed by atoms with Crippen LogP contribution >= 0.6 is 0 Å². The SMILES string of the molecule is CCn1cc(CN2CCC(C(=O)NCC(F)(F)F)(n3ccnc3)CC2)cn1.O=CO. The summed E-state index contributed by atoms with van der Waals surface area (Å²) in [5.74, 6) is -0.615. The third-order valence-corrected chi connectivity index (χ3v) is 4.97. The van der Waals surface area contributed by atoms with Crippen molar-refractivity contribution < 1.29 is 27.9 Å². The molecule has 0 aliphatic carbocycles. The average Bonchev–Trinajstić information content (AvgIpc) is 3.39. The van der Waals surface area contributed by atoms with Gasteiger partial charge in [0.25, 0.3) is 6.47 Å². The Morgan fingerprint density at radius 3 is 2.53 bits per heavy atom. The number of alkyl halides is 3. The van der Waals surface area contributed by atoms with E-state index in [2.05, 4.69) is 20.3 Å². The molecule has 12 heteroatoms. The van der Waals surface area contributed by atoms with Gasteiger partial charge in [-0.15, -0.1) is 0 Å². The standard InChI is InChI=1S/C17H23F3N6O.CH2O2/c1-2-26-11-14(9-23-26)10-24-6-3-16(4-7-24,25-8-5-21-13-25)15(27)22-12-17(18,19)20;2-1-3/h5,8-9,11,13H,2-4,6-7,10,12H2,1H3,(H,22,27);1H,(H,2,3). The zero-order valence-electron chi connectivity index (χ0n) is 16.5. The van der Waals surface area contributed by atoms with Gasteiger partial charge < -0.3 is 15.0 Å². The fraction of sp³-hybridized carbons (Fsp3) is 0.556. The maximum atomic E-state index is 12.7. The van der Waals surface area contributed by atoms with Gasteiger partial charge in [0.05, 0.1) is 12.5 Å². The first-order valence-electron chi connectivity index (χ1n) is 9.39. The summed E-state index contributed by atoms with van der Waals surface area (Å²) in [7, 11) is 0. The van der Waals surface area contributed by atoms with Crippen LogP contribution in [0.4, 0.5) is 13.2 Å².